The van der Waals surface area contributed by atoms with Crippen LogP contribution < -0.4 is 20.1 Å². The molecule has 278 valence electrons. The molecule has 2 N–H and O–H groups in total. The zero-order chi connectivity index (χ0) is 36.9. The number of methoxy groups -OCH3 is 4. The first kappa shape index (κ1) is 39.6. The number of nitrogens with zero attached hydrogens (tertiary/aromatic N) is 2. The van der Waals surface area contributed by atoms with Crippen molar-refractivity contribution in [2.24, 2.45) is 5.92 Å². The Balaban J connectivity index is 1.60. The molecular formula is C37H49BrN4O9. The Morgan fingerprint density at radius 2 is 1.84 bits per heavy atom. The summed E-state index contributed by atoms with van der Waals surface area (Å²) in [4.78, 5) is 45.9. The van der Waals surface area contributed by atoms with Gasteiger partial charge in [0.05, 0.1) is 44.8 Å². The van der Waals surface area contributed by atoms with Gasteiger partial charge in [-0.2, -0.15) is 0 Å². The van der Waals surface area contributed by atoms with Crippen LogP contribution in [0, 0.1) is 5.92 Å². The number of alkyl carbamates (subject to hydrolysis) is 1. The number of ketones is 1. The molecule has 1 saturated heterocycles. The molecule has 1 aromatic carbocycles. The van der Waals surface area contributed by atoms with Crippen molar-refractivity contribution < 1.29 is 42.8 Å². The molecule has 0 bridgehead atoms. The summed E-state index contributed by atoms with van der Waals surface area (Å²) in [6, 6.07) is 6.49. The average molecular weight is 774 g/mol. The SMILES string of the molecule is C=C[C@@H](C=C(OC)OC)CCNC(OC)[C@@H]1C[C@@H](Oc2cc(C(=O)CBr)nc3cc(OC)ccc23)CN1C(=O)/C(=C/C)NC(=O)OC1CCCC1. The van der Waals surface area contributed by atoms with E-state index in [0.29, 0.717) is 47.7 Å². The van der Waals surface area contributed by atoms with E-state index >= 15 is 0 Å². The summed E-state index contributed by atoms with van der Waals surface area (Å²) in [6.07, 6.45) is 7.92. The van der Waals surface area contributed by atoms with Gasteiger partial charge in [-0.15, -0.1) is 6.58 Å². The summed E-state index contributed by atoms with van der Waals surface area (Å²) in [5.74, 6) is 0.752. The van der Waals surface area contributed by atoms with Gasteiger partial charge in [0, 0.05) is 43.0 Å². The Morgan fingerprint density at radius 3 is 2.47 bits per heavy atom. The Morgan fingerprint density at radius 1 is 1.10 bits per heavy atom. The van der Waals surface area contributed by atoms with Crippen molar-refractivity contribution in [1.82, 2.24) is 20.5 Å². The largest absolute Gasteiger partial charge is 0.497 e. The number of fused-ring (bicyclic) bond motifs is 1. The average Bonchev–Trinajstić information content (AvgIpc) is 3.82. The summed E-state index contributed by atoms with van der Waals surface area (Å²) in [6.45, 7) is 6.30. The molecule has 0 radical (unpaired) electrons. The molecule has 1 saturated carbocycles. The number of hydrogen-bond donors (Lipinski definition) is 2. The van der Waals surface area contributed by atoms with Gasteiger partial charge >= 0.3 is 6.09 Å². The first-order chi connectivity index (χ1) is 24.7. The van der Waals surface area contributed by atoms with Gasteiger partial charge in [-0.3, -0.25) is 20.2 Å². The number of benzene rings is 1. The molecule has 1 aromatic heterocycles. The van der Waals surface area contributed by atoms with Crippen LogP contribution in [0.4, 0.5) is 4.79 Å². The van der Waals surface area contributed by atoms with E-state index in [9.17, 15) is 14.4 Å². The number of likely N-dealkylation sites (tertiary alicyclic amines) is 1. The molecule has 1 aliphatic heterocycles. The molecule has 1 unspecified atom stereocenters. The number of amides is 2. The van der Waals surface area contributed by atoms with Gasteiger partial charge in [0.15, 0.2) is 5.78 Å². The van der Waals surface area contributed by atoms with Crippen LogP contribution in [-0.2, 0) is 23.7 Å². The molecule has 2 aromatic rings. The maximum Gasteiger partial charge on any atom is 0.412 e. The highest BCUT2D eigenvalue weighted by atomic mass is 79.9. The number of carbonyl (C=O) groups excluding carboxylic acids is 3. The van der Waals surface area contributed by atoms with E-state index in [1.165, 1.54) is 14.2 Å². The summed E-state index contributed by atoms with van der Waals surface area (Å²) in [7, 11) is 6.20. The predicted octanol–water partition coefficient (Wildman–Crippen LogP) is 5.63. The molecule has 0 spiro atoms. The molecule has 2 heterocycles. The number of pyridine rings is 1. The highest BCUT2D eigenvalue weighted by Gasteiger charge is 2.42. The second-order valence-corrected chi connectivity index (χ2v) is 12.8. The summed E-state index contributed by atoms with van der Waals surface area (Å²) < 4.78 is 34.0. The predicted molar refractivity (Wildman–Crippen MR) is 196 cm³/mol. The van der Waals surface area contributed by atoms with Crippen molar-refractivity contribution in [2.45, 2.75) is 69.9 Å². The van der Waals surface area contributed by atoms with Crippen LogP contribution in [0.3, 0.4) is 0 Å². The maximum atomic E-state index is 14.2. The minimum absolute atomic E-state index is 0.0537. The lowest BCUT2D eigenvalue weighted by molar-refractivity contribution is -0.131. The second-order valence-electron chi connectivity index (χ2n) is 12.3. The Kier molecular flexibility index (Phi) is 15.1. The first-order valence-corrected chi connectivity index (χ1v) is 18.2. The number of alkyl halides is 1. The van der Waals surface area contributed by atoms with Gasteiger partial charge in [0.2, 0.25) is 0 Å². The van der Waals surface area contributed by atoms with Gasteiger partial charge < -0.3 is 33.3 Å². The number of Topliss-reactive ketones (excluding diaryl/α,β-unsaturated/α-hetero) is 1. The molecule has 2 fully saturated rings. The lowest BCUT2D eigenvalue weighted by Crippen LogP contribution is -2.52. The van der Waals surface area contributed by atoms with Crippen molar-refractivity contribution >= 4 is 44.6 Å². The fourth-order valence-electron chi connectivity index (χ4n) is 6.36. The van der Waals surface area contributed by atoms with Crippen LogP contribution in [0.5, 0.6) is 11.5 Å². The van der Waals surface area contributed by atoms with E-state index in [1.807, 2.05) is 12.1 Å². The normalized spacial score (nSPS) is 18.9. The van der Waals surface area contributed by atoms with Crippen LogP contribution >= 0.6 is 15.9 Å². The molecule has 51 heavy (non-hydrogen) atoms. The van der Waals surface area contributed by atoms with Gasteiger partial charge in [0.25, 0.3) is 11.9 Å². The fourth-order valence-corrected chi connectivity index (χ4v) is 6.64. The molecule has 1 aliphatic carbocycles. The fraction of sp³-hybridized carbons (Fsp3) is 0.514. The number of carbonyl (C=O) groups is 3. The van der Waals surface area contributed by atoms with E-state index in [2.05, 4.69) is 38.1 Å². The number of rotatable bonds is 18. The topological polar surface area (TPSA) is 147 Å². The van der Waals surface area contributed by atoms with Gasteiger partial charge in [-0.1, -0.05) is 28.1 Å². The second kappa shape index (κ2) is 19.5. The van der Waals surface area contributed by atoms with Gasteiger partial charge in [0.1, 0.15) is 41.3 Å². The van der Waals surface area contributed by atoms with E-state index in [-0.39, 0.29) is 41.1 Å². The number of allylic oxidation sites excluding steroid dienone is 3. The molecule has 4 rings (SSSR count). The number of aromatic nitrogens is 1. The van der Waals surface area contributed by atoms with E-state index in [1.54, 1.807) is 56.4 Å². The van der Waals surface area contributed by atoms with Crippen molar-refractivity contribution in [3.8, 4) is 11.5 Å². The first-order valence-electron chi connectivity index (χ1n) is 17.1. The maximum absolute atomic E-state index is 14.2. The van der Waals surface area contributed by atoms with Crippen molar-refractivity contribution in [3.63, 3.8) is 0 Å². The van der Waals surface area contributed by atoms with Crippen LogP contribution in [-0.4, -0.2) is 99.0 Å². The van der Waals surface area contributed by atoms with Gasteiger partial charge in [-0.25, -0.2) is 9.78 Å². The molecule has 4 atom stereocenters. The highest BCUT2D eigenvalue weighted by molar-refractivity contribution is 9.09. The third-order valence-corrected chi connectivity index (χ3v) is 9.57. The van der Waals surface area contributed by atoms with Crippen molar-refractivity contribution in [1.29, 1.82) is 0 Å². The third-order valence-electron chi connectivity index (χ3n) is 9.06. The molecule has 2 aliphatic rings. The van der Waals surface area contributed by atoms with Crippen LogP contribution in [0.2, 0.25) is 0 Å². The lowest BCUT2D eigenvalue weighted by Gasteiger charge is -2.31. The molecule has 14 heteroatoms. The van der Waals surface area contributed by atoms with Crippen LogP contribution in [0.25, 0.3) is 10.9 Å². The van der Waals surface area contributed by atoms with Crippen molar-refractivity contribution in [3.05, 3.63) is 66.4 Å². The monoisotopic (exact) mass is 772 g/mol. The Bertz CT molecular complexity index is 1590. The smallest absolute Gasteiger partial charge is 0.412 e. The van der Waals surface area contributed by atoms with E-state index < -0.39 is 30.4 Å². The minimum Gasteiger partial charge on any atom is -0.497 e. The summed E-state index contributed by atoms with van der Waals surface area (Å²) >= 11 is 3.24. The van der Waals surface area contributed by atoms with Crippen LogP contribution in [0.1, 0.15) is 55.9 Å². The molecular weight excluding hydrogens is 724 g/mol. The Labute approximate surface area is 307 Å². The lowest BCUT2D eigenvalue weighted by atomic mass is 10.1. The van der Waals surface area contributed by atoms with Crippen molar-refractivity contribution in [2.75, 3.05) is 46.9 Å². The standard InChI is InChI=1S/C37H49BrN4O9/c1-7-23(17-34(47-4)48-5)15-16-39-35(49-6)31-19-26(22-42(31)36(44)28(8-2)41-37(45)51-24-11-9-10-12-24)50-33-20-30(32(43)21-38)40-29-18-25(46-3)13-14-27(29)33/h7-8,13-14,17-18,20,23-24,26,31,35,39H,1,9-12,15-16,19,21-22H2,2-6H3,(H,41,45)/b28-8-/t23-,26-,31+,35?/m1/s1. The number of nitrogens with one attached hydrogen (secondary N) is 2. The molecule has 2 amide bonds. The van der Waals surface area contributed by atoms with Gasteiger partial charge in [-0.05, 0) is 57.7 Å². The number of halogens is 1. The summed E-state index contributed by atoms with van der Waals surface area (Å²) in [5, 5.41) is 6.89. The number of ether oxygens (including phenoxy) is 6. The zero-order valence-electron chi connectivity index (χ0n) is 29.9. The van der Waals surface area contributed by atoms with E-state index in [0.717, 1.165) is 25.7 Å². The summed E-state index contributed by atoms with van der Waals surface area (Å²) in [5.41, 5.74) is 0.861. The minimum atomic E-state index is -0.661. The number of hydrogen-bond acceptors (Lipinski definition) is 11. The molecule has 13 nitrogen and oxygen atoms in total. The Hall–Kier alpha value is -4.14. The quantitative estimate of drug-likeness (QED) is 0.0486. The zero-order valence-corrected chi connectivity index (χ0v) is 31.5. The third kappa shape index (κ3) is 10.5. The van der Waals surface area contributed by atoms with Crippen LogP contribution in [0.15, 0.2) is 60.7 Å². The van der Waals surface area contributed by atoms with E-state index in [4.69, 9.17) is 28.4 Å². The highest BCUT2D eigenvalue weighted by Crippen LogP contribution is 2.33.